The Hall–Kier alpha value is -2.27. The molecule has 0 atom stereocenters. The number of carboxylic acids is 1. The first kappa shape index (κ1) is 20.0. The maximum Gasteiger partial charge on any atom is 1.00 e. The van der Waals surface area contributed by atoms with Crippen molar-refractivity contribution >= 4 is 5.97 Å². The van der Waals surface area contributed by atoms with Crippen LogP contribution in [0.5, 0.6) is 11.5 Å². The largest absolute Gasteiger partial charge is 1.00 e. The number of hydrogen-bond acceptors (Lipinski definition) is 4. The summed E-state index contributed by atoms with van der Waals surface area (Å²) in [5.74, 6) is -0.384. The summed E-state index contributed by atoms with van der Waals surface area (Å²) in [4.78, 5) is 11.1. The fourth-order valence-corrected chi connectivity index (χ4v) is 2.34. The number of carbonyl (C=O) groups excluding carboxylic acids is 1. The fourth-order valence-electron chi connectivity index (χ4n) is 2.34. The predicted octanol–water partition coefficient (Wildman–Crippen LogP) is 0.212. The molecule has 5 heteroatoms. The van der Waals surface area contributed by atoms with Gasteiger partial charge >= 0.3 is 29.6 Å². The minimum Gasteiger partial charge on any atom is -0.545 e. The molecule has 0 aliphatic heterocycles. The van der Waals surface area contributed by atoms with Crippen molar-refractivity contribution < 1.29 is 48.9 Å². The van der Waals surface area contributed by atoms with E-state index in [4.69, 9.17) is 9.47 Å². The Morgan fingerprint density at radius 3 is 1.73 bits per heavy atom. The van der Waals surface area contributed by atoms with E-state index in [1.54, 1.807) is 6.07 Å². The molecule has 0 spiro atoms. The van der Waals surface area contributed by atoms with E-state index in [1.807, 2.05) is 60.7 Å². The summed E-state index contributed by atoms with van der Waals surface area (Å²) in [5.41, 5.74) is 2.05. The zero-order valence-corrected chi connectivity index (χ0v) is 16.6. The standard InChI is InChI=1S/C21H18O4.Na/c22-21(23)18-11-12-19(24-14-16-7-3-1-4-8-16)20(13-18)25-15-17-9-5-2-6-10-17;/h1-13H,14-15H2,(H,22,23);/q;+1/p-1. The van der Waals surface area contributed by atoms with Crippen LogP contribution in [-0.4, -0.2) is 5.97 Å². The third kappa shape index (κ3) is 5.63. The van der Waals surface area contributed by atoms with E-state index in [-0.39, 0.29) is 35.1 Å². The number of hydrogen-bond donors (Lipinski definition) is 0. The van der Waals surface area contributed by atoms with Crippen LogP contribution in [0.15, 0.2) is 78.9 Å². The van der Waals surface area contributed by atoms with Crippen LogP contribution in [0.4, 0.5) is 0 Å². The topological polar surface area (TPSA) is 58.6 Å². The van der Waals surface area contributed by atoms with Crippen LogP contribution in [0.1, 0.15) is 21.5 Å². The van der Waals surface area contributed by atoms with E-state index >= 15 is 0 Å². The average molecular weight is 356 g/mol. The van der Waals surface area contributed by atoms with E-state index < -0.39 is 5.97 Å². The minimum absolute atomic E-state index is 0. The summed E-state index contributed by atoms with van der Waals surface area (Å²) in [5, 5.41) is 11.1. The first-order chi connectivity index (χ1) is 12.2. The maximum absolute atomic E-state index is 11.1. The molecule has 0 aliphatic rings. The van der Waals surface area contributed by atoms with Gasteiger partial charge in [-0.25, -0.2) is 0 Å². The van der Waals surface area contributed by atoms with Crippen molar-refractivity contribution in [2.75, 3.05) is 0 Å². The number of carboxylic acid groups (broad SMARTS) is 1. The summed E-state index contributed by atoms with van der Waals surface area (Å²) >= 11 is 0. The monoisotopic (exact) mass is 356 g/mol. The Bertz CT molecular complexity index is 835. The molecular formula is C21H17NaO4. The second-order valence-electron chi connectivity index (χ2n) is 5.50. The van der Waals surface area contributed by atoms with Crippen LogP contribution in [0.3, 0.4) is 0 Å². The second-order valence-corrected chi connectivity index (χ2v) is 5.50. The number of aromatic carboxylic acids is 1. The number of benzene rings is 3. The number of ether oxygens (including phenoxy) is 2. The Labute approximate surface area is 174 Å². The van der Waals surface area contributed by atoms with Gasteiger partial charge in [-0.05, 0) is 29.3 Å². The Kier molecular flexibility index (Phi) is 7.73. The maximum atomic E-state index is 11.1. The first-order valence-electron chi connectivity index (χ1n) is 7.91. The van der Waals surface area contributed by atoms with Gasteiger partial charge in [0.15, 0.2) is 11.5 Å². The van der Waals surface area contributed by atoms with Gasteiger partial charge in [-0.1, -0.05) is 60.7 Å². The van der Waals surface area contributed by atoms with Gasteiger partial charge < -0.3 is 19.4 Å². The zero-order valence-electron chi connectivity index (χ0n) is 14.6. The predicted molar refractivity (Wildman–Crippen MR) is 92.3 cm³/mol. The molecule has 26 heavy (non-hydrogen) atoms. The molecule has 0 radical (unpaired) electrons. The molecule has 0 amide bonds. The van der Waals surface area contributed by atoms with Crippen LogP contribution < -0.4 is 44.1 Å². The quantitative estimate of drug-likeness (QED) is 0.568. The number of rotatable bonds is 7. The Morgan fingerprint density at radius 2 is 1.23 bits per heavy atom. The van der Waals surface area contributed by atoms with Crippen LogP contribution >= 0.6 is 0 Å². The summed E-state index contributed by atoms with van der Waals surface area (Å²) in [6.07, 6.45) is 0. The molecule has 3 aromatic rings. The van der Waals surface area contributed by atoms with Gasteiger partial charge in [0.25, 0.3) is 0 Å². The second kappa shape index (κ2) is 10.0. The van der Waals surface area contributed by atoms with Gasteiger partial charge in [0.2, 0.25) is 0 Å². The third-order valence-electron chi connectivity index (χ3n) is 3.65. The third-order valence-corrected chi connectivity index (χ3v) is 3.65. The molecule has 0 aromatic heterocycles. The van der Waals surface area contributed by atoms with Crippen molar-refractivity contribution in [3.63, 3.8) is 0 Å². The molecule has 0 heterocycles. The van der Waals surface area contributed by atoms with Crippen molar-refractivity contribution in [2.24, 2.45) is 0 Å². The minimum atomic E-state index is -1.25. The summed E-state index contributed by atoms with van der Waals surface area (Å²) in [6, 6.07) is 23.8. The van der Waals surface area contributed by atoms with Crippen molar-refractivity contribution in [3.05, 3.63) is 95.6 Å². The van der Waals surface area contributed by atoms with Crippen molar-refractivity contribution in [1.82, 2.24) is 0 Å². The molecule has 3 rings (SSSR count). The molecule has 0 saturated heterocycles. The van der Waals surface area contributed by atoms with E-state index in [0.29, 0.717) is 24.7 Å². The van der Waals surface area contributed by atoms with Gasteiger partial charge in [-0.15, -0.1) is 0 Å². The van der Waals surface area contributed by atoms with Crippen LogP contribution in [0.25, 0.3) is 0 Å². The van der Waals surface area contributed by atoms with E-state index in [9.17, 15) is 9.90 Å². The molecule has 126 valence electrons. The molecule has 4 nitrogen and oxygen atoms in total. The van der Waals surface area contributed by atoms with Crippen molar-refractivity contribution in [3.8, 4) is 11.5 Å². The zero-order chi connectivity index (χ0) is 17.5. The average Bonchev–Trinajstić information content (AvgIpc) is 2.66. The normalized spacial score (nSPS) is 9.85. The van der Waals surface area contributed by atoms with Gasteiger partial charge in [-0.3, -0.25) is 0 Å². The summed E-state index contributed by atoms with van der Waals surface area (Å²) in [6.45, 7) is 0.687. The molecule has 0 aliphatic carbocycles. The van der Waals surface area contributed by atoms with Gasteiger partial charge in [0, 0.05) is 5.56 Å². The van der Waals surface area contributed by atoms with E-state index in [1.165, 1.54) is 12.1 Å². The van der Waals surface area contributed by atoms with E-state index in [2.05, 4.69) is 0 Å². The molecule has 0 bridgehead atoms. The summed E-state index contributed by atoms with van der Waals surface area (Å²) < 4.78 is 11.6. The Balaban J connectivity index is 0.00000243. The van der Waals surface area contributed by atoms with Crippen LogP contribution in [-0.2, 0) is 13.2 Å². The molecule has 0 fully saturated rings. The molecule has 0 unspecified atom stereocenters. The SMILES string of the molecule is O=C([O-])c1ccc(OCc2ccccc2)c(OCc2ccccc2)c1.[Na+]. The summed E-state index contributed by atoms with van der Waals surface area (Å²) in [7, 11) is 0. The van der Waals surface area contributed by atoms with E-state index in [0.717, 1.165) is 11.1 Å². The van der Waals surface area contributed by atoms with Crippen LogP contribution in [0, 0.1) is 0 Å². The number of carbonyl (C=O) groups is 1. The molecule has 0 N–H and O–H groups in total. The Morgan fingerprint density at radius 1 is 0.731 bits per heavy atom. The van der Waals surface area contributed by atoms with Gasteiger partial charge in [-0.2, -0.15) is 0 Å². The fraction of sp³-hybridized carbons (Fsp3) is 0.0952. The van der Waals surface area contributed by atoms with Crippen molar-refractivity contribution in [2.45, 2.75) is 13.2 Å². The molecule has 3 aromatic carbocycles. The smallest absolute Gasteiger partial charge is 0.545 e. The van der Waals surface area contributed by atoms with Crippen LogP contribution in [0.2, 0.25) is 0 Å². The molecular weight excluding hydrogens is 339 g/mol. The van der Waals surface area contributed by atoms with Gasteiger partial charge in [0.1, 0.15) is 13.2 Å². The molecule has 0 saturated carbocycles. The first-order valence-corrected chi connectivity index (χ1v) is 7.91. The van der Waals surface area contributed by atoms with Gasteiger partial charge in [0.05, 0.1) is 5.97 Å². The van der Waals surface area contributed by atoms with Crippen molar-refractivity contribution in [1.29, 1.82) is 0 Å².